The third-order valence-corrected chi connectivity index (χ3v) is 5.57. The minimum absolute atomic E-state index is 0.0140. The largest absolute Gasteiger partial charge is 0.573 e. The van der Waals surface area contributed by atoms with Crippen LogP contribution in [0.2, 0.25) is 0 Å². The number of halogens is 3. The van der Waals surface area contributed by atoms with Gasteiger partial charge in [-0.05, 0) is 54.0 Å². The maximum Gasteiger partial charge on any atom is 0.573 e. The van der Waals surface area contributed by atoms with Gasteiger partial charge in [-0.15, -0.1) is 24.9 Å². The zero-order valence-electron chi connectivity index (χ0n) is 14.8. The third kappa shape index (κ3) is 4.19. The highest BCUT2D eigenvalue weighted by Crippen LogP contribution is 2.40. The van der Waals surface area contributed by atoms with E-state index in [0.29, 0.717) is 10.9 Å². The van der Waals surface area contributed by atoms with E-state index in [9.17, 15) is 23.3 Å². The van der Waals surface area contributed by atoms with Crippen LogP contribution in [0.5, 0.6) is 5.75 Å². The minimum Gasteiger partial charge on any atom is -0.406 e. The zero-order valence-corrected chi connectivity index (χ0v) is 15.6. The van der Waals surface area contributed by atoms with Crippen molar-refractivity contribution >= 4 is 40.5 Å². The van der Waals surface area contributed by atoms with Crippen LogP contribution in [0.4, 0.5) is 18.9 Å². The molecule has 2 heterocycles. The number of fused-ring (bicyclic) bond motifs is 3. The highest BCUT2D eigenvalue weighted by molar-refractivity contribution is 7.99. The second-order valence-electron chi connectivity index (χ2n) is 6.31. The second kappa shape index (κ2) is 7.40. The van der Waals surface area contributed by atoms with Crippen molar-refractivity contribution in [1.29, 1.82) is 0 Å². The maximum atomic E-state index is 12.5. The fraction of sp³-hybridized carbons (Fsp3) is 0.150. The summed E-state index contributed by atoms with van der Waals surface area (Å²) in [5.74, 6) is 0.550. The van der Waals surface area contributed by atoms with E-state index in [1.54, 1.807) is 23.9 Å². The van der Waals surface area contributed by atoms with E-state index in [1.807, 2.05) is 12.2 Å². The van der Waals surface area contributed by atoms with Crippen molar-refractivity contribution in [2.75, 3.05) is 5.75 Å². The quantitative estimate of drug-likeness (QED) is 0.392. The van der Waals surface area contributed by atoms with E-state index in [2.05, 4.69) is 9.72 Å². The fourth-order valence-corrected chi connectivity index (χ4v) is 4.36. The number of nitro groups is 1. The molecule has 0 bridgehead atoms. The number of thioether (sulfide) groups is 1. The van der Waals surface area contributed by atoms with E-state index in [1.165, 1.54) is 30.3 Å². The average Bonchev–Trinajstić information content (AvgIpc) is 3.16. The summed E-state index contributed by atoms with van der Waals surface area (Å²) in [5, 5.41) is 11.4. The molecular weight excluding hydrogens is 405 g/mol. The van der Waals surface area contributed by atoms with Gasteiger partial charge >= 0.3 is 6.36 Å². The maximum absolute atomic E-state index is 12.5. The molecule has 0 saturated carbocycles. The molecule has 0 unspecified atom stereocenters. The lowest BCUT2D eigenvalue weighted by Gasteiger charge is -2.12. The van der Waals surface area contributed by atoms with Gasteiger partial charge < -0.3 is 4.74 Å². The molecule has 0 spiro atoms. The van der Waals surface area contributed by atoms with E-state index in [4.69, 9.17) is 0 Å². The van der Waals surface area contributed by atoms with E-state index >= 15 is 0 Å². The van der Waals surface area contributed by atoms with Crippen molar-refractivity contribution in [3.05, 3.63) is 69.4 Å². The summed E-state index contributed by atoms with van der Waals surface area (Å²) in [6, 6.07) is 10.3. The normalized spacial score (nSPS) is 13.8. The standard InChI is InChI=1S/C20H13F3N2O3S/c21-20(22,23)28-14-6-8-18-16(11-14)19-15(9-10-29-19)17(24-18)7-3-12-1-4-13(5-2-12)25(26)27/h1-8,11H,9-10H2/b7-3+. The van der Waals surface area contributed by atoms with E-state index in [0.717, 1.165) is 33.9 Å². The van der Waals surface area contributed by atoms with Gasteiger partial charge in [0.25, 0.3) is 5.69 Å². The molecule has 1 aliphatic heterocycles. The lowest BCUT2D eigenvalue weighted by atomic mass is 10.1. The Balaban J connectivity index is 1.70. The van der Waals surface area contributed by atoms with Gasteiger partial charge in [0.1, 0.15) is 5.75 Å². The molecule has 0 amide bonds. The molecule has 9 heteroatoms. The van der Waals surface area contributed by atoms with Crippen molar-refractivity contribution < 1.29 is 22.8 Å². The number of hydrogen-bond donors (Lipinski definition) is 0. The van der Waals surface area contributed by atoms with Crippen LogP contribution < -0.4 is 4.74 Å². The molecule has 3 aromatic rings. The van der Waals surface area contributed by atoms with Crippen molar-refractivity contribution in [2.45, 2.75) is 17.7 Å². The number of nitrogens with zero attached hydrogens (tertiary/aromatic N) is 2. The molecule has 4 rings (SSSR count). The summed E-state index contributed by atoms with van der Waals surface area (Å²) in [6.07, 6.45) is -0.355. The summed E-state index contributed by atoms with van der Waals surface area (Å²) >= 11 is 1.58. The van der Waals surface area contributed by atoms with Gasteiger partial charge in [-0.3, -0.25) is 10.1 Å². The molecule has 148 valence electrons. The van der Waals surface area contributed by atoms with Gasteiger partial charge in [-0.2, -0.15) is 0 Å². The predicted molar refractivity (Wildman–Crippen MR) is 105 cm³/mol. The SMILES string of the molecule is O=[N+]([O-])c1ccc(/C=C/c2nc3ccc(OC(F)(F)F)cc3c3c2CCS3)cc1. The molecule has 29 heavy (non-hydrogen) atoms. The summed E-state index contributed by atoms with van der Waals surface area (Å²) in [4.78, 5) is 15.8. The summed E-state index contributed by atoms with van der Waals surface area (Å²) in [7, 11) is 0. The van der Waals surface area contributed by atoms with E-state index < -0.39 is 11.3 Å². The Morgan fingerprint density at radius 1 is 1.14 bits per heavy atom. The first kappa shape index (κ1) is 19.3. The first-order valence-corrected chi connectivity index (χ1v) is 9.56. The molecule has 0 saturated heterocycles. The van der Waals surface area contributed by atoms with Gasteiger partial charge in [0.2, 0.25) is 0 Å². The number of non-ortho nitro benzene ring substituents is 1. The lowest BCUT2D eigenvalue weighted by Crippen LogP contribution is -2.17. The van der Waals surface area contributed by atoms with Gasteiger partial charge in [-0.25, -0.2) is 4.98 Å². The molecule has 2 aromatic carbocycles. The number of hydrogen-bond acceptors (Lipinski definition) is 5. The highest BCUT2D eigenvalue weighted by atomic mass is 32.2. The van der Waals surface area contributed by atoms with E-state index in [-0.39, 0.29) is 11.4 Å². The molecule has 0 atom stereocenters. The van der Waals surface area contributed by atoms with Crippen LogP contribution in [0.15, 0.2) is 47.4 Å². The molecule has 1 aliphatic rings. The van der Waals surface area contributed by atoms with Gasteiger partial charge in [-0.1, -0.05) is 6.08 Å². The Hall–Kier alpha value is -3.07. The topological polar surface area (TPSA) is 65.3 Å². The first-order chi connectivity index (χ1) is 13.8. The van der Waals surface area contributed by atoms with Crippen LogP contribution in [0.25, 0.3) is 23.1 Å². The molecule has 1 aromatic heterocycles. The highest BCUT2D eigenvalue weighted by Gasteiger charge is 2.31. The smallest absolute Gasteiger partial charge is 0.406 e. The predicted octanol–water partition coefficient (Wildman–Crippen LogP) is 5.86. The van der Waals surface area contributed by atoms with Crippen LogP contribution in [0.3, 0.4) is 0 Å². The number of pyridine rings is 1. The number of aromatic nitrogens is 1. The lowest BCUT2D eigenvalue weighted by molar-refractivity contribution is -0.384. The molecule has 0 N–H and O–H groups in total. The Kier molecular flexibility index (Phi) is 4.91. The van der Waals surface area contributed by atoms with Crippen LogP contribution in [-0.4, -0.2) is 22.0 Å². The summed E-state index contributed by atoms with van der Waals surface area (Å²) in [6.45, 7) is 0. The van der Waals surface area contributed by atoms with Crippen LogP contribution in [0, 0.1) is 10.1 Å². The molecule has 5 nitrogen and oxygen atoms in total. The fourth-order valence-electron chi connectivity index (χ4n) is 3.15. The Bertz CT molecular complexity index is 1130. The van der Waals surface area contributed by atoms with Crippen LogP contribution in [0.1, 0.15) is 16.8 Å². The average molecular weight is 418 g/mol. The van der Waals surface area contributed by atoms with Crippen LogP contribution >= 0.6 is 11.8 Å². The second-order valence-corrected chi connectivity index (χ2v) is 7.42. The molecule has 0 radical (unpaired) electrons. The van der Waals surface area contributed by atoms with Crippen molar-refractivity contribution in [1.82, 2.24) is 4.98 Å². The van der Waals surface area contributed by atoms with Gasteiger partial charge in [0, 0.05) is 28.2 Å². The Labute approximate surface area is 167 Å². The summed E-state index contributed by atoms with van der Waals surface area (Å²) in [5.41, 5.74) is 3.09. The molecule has 0 aliphatic carbocycles. The summed E-state index contributed by atoms with van der Waals surface area (Å²) < 4.78 is 41.6. The number of ether oxygens (including phenoxy) is 1. The van der Waals surface area contributed by atoms with Crippen molar-refractivity contribution in [3.63, 3.8) is 0 Å². The zero-order chi connectivity index (χ0) is 20.6. The number of benzene rings is 2. The Morgan fingerprint density at radius 2 is 1.90 bits per heavy atom. The monoisotopic (exact) mass is 418 g/mol. The molecular formula is C20H13F3N2O3S. The van der Waals surface area contributed by atoms with Gasteiger partial charge in [0.05, 0.1) is 16.1 Å². The Morgan fingerprint density at radius 3 is 2.59 bits per heavy atom. The molecule has 0 fully saturated rings. The third-order valence-electron chi connectivity index (χ3n) is 4.41. The first-order valence-electron chi connectivity index (χ1n) is 8.58. The van der Waals surface area contributed by atoms with Crippen LogP contribution in [-0.2, 0) is 6.42 Å². The number of alkyl halides is 3. The number of nitro benzene ring substituents is 1. The van der Waals surface area contributed by atoms with Crippen molar-refractivity contribution in [3.8, 4) is 5.75 Å². The van der Waals surface area contributed by atoms with Crippen molar-refractivity contribution in [2.24, 2.45) is 0 Å². The number of rotatable bonds is 4. The minimum atomic E-state index is -4.75. The van der Waals surface area contributed by atoms with Gasteiger partial charge in [0.15, 0.2) is 0 Å².